The van der Waals surface area contributed by atoms with E-state index in [1.54, 1.807) is 13.2 Å². The Bertz CT molecular complexity index is 1530. The minimum absolute atomic E-state index is 0.0300. The number of pyridine rings is 1. The lowest BCUT2D eigenvalue weighted by atomic mass is 10.0. The van der Waals surface area contributed by atoms with Crippen molar-refractivity contribution in [1.29, 1.82) is 0 Å². The zero-order valence-corrected chi connectivity index (χ0v) is 25.9. The normalized spacial score (nSPS) is 16.0. The molecule has 230 valence electrons. The van der Waals surface area contributed by atoms with Crippen LogP contribution in [0.1, 0.15) is 51.7 Å². The van der Waals surface area contributed by atoms with Gasteiger partial charge in [0.2, 0.25) is 0 Å². The highest BCUT2D eigenvalue weighted by molar-refractivity contribution is 5.89. The van der Waals surface area contributed by atoms with Gasteiger partial charge in [0.25, 0.3) is 5.56 Å². The number of hydrogen-bond donors (Lipinski definition) is 0. The molecule has 1 saturated heterocycles. The van der Waals surface area contributed by atoms with Crippen molar-refractivity contribution in [2.45, 2.75) is 65.3 Å². The Kier molecular flexibility index (Phi) is 9.30. The maximum atomic E-state index is 13.4. The summed E-state index contributed by atoms with van der Waals surface area (Å²) in [6.45, 7) is 12.1. The van der Waals surface area contributed by atoms with Crippen LogP contribution in [0.4, 0.5) is 4.79 Å². The summed E-state index contributed by atoms with van der Waals surface area (Å²) >= 11 is 0. The molecule has 0 atom stereocenters. The molecule has 0 unspecified atom stereocenters. The van der Waals surface area contributed by atoms with Gasteiger partial charge in [-0.1, -0.05) is 18.2 Å². The summed E-state index contributed by atoms with van der Waals surface area (Å²) < 4.78 is 24.7. The summed E-state index contributed by atoms with van der Waals surface area (Å²) in [7, 11) is 1.64. The number of aromatic nitrogens is 1. The largest absolute Gasteiger partial charge is 0.497 e. The van der Waals surface area contributed by atoms with Gasteiger partial charge in [-0.05, 0) is 75.9 Å². The van der Waals surface area contributed by atoms with E-state index in [0.29, 0.717) is 32.1 Å². The van der Waals surface area contributed by atoms with Gasteiger partial charge in [0.15, 0.2) is 11.5 Å². The van der Waals surface area contributed by atoms with E-state index < -0.39 is 5.60 Å². The number of piperidine rings is 1. The Morgan fingerprint density at radius 1 is 1.02 bits per heavy atom. The molecule has 0 spiro atoms. The van der Waals surface area contributed by atoms with Gasteiger partial charge in [0, 0.05) is 56.3 Å². The molecule has 5 rings (SSSR count). The third-order valence-electron chi connectivity index (χ3n) is 7.92. The lowest BCUT2D eigenvalue weighted by molar-refractivity contribution is 0.00562. The maximum Gasteiger partial charge on any atom is 0.410 e. The number of benzene rings is 2. The average molecular weight is 590 g/mol. The van der Waals surface area contributed by atoms with Crippen LogP contribution in [-0.4, -0.2) is 72.1 Å². The van der Waals surface area contributed by atoms with E-state index in [9.17, 15) is 9.59 Å². The lowest BCUT2D eigenvalue weighted by Crippen LogP contribution is -2.49. The minimum atomic E-state index is -0.593. The van der Waals surface area contributed by atoms with Crippen molar-refractivity contribution in [3.05, 3.63) is 70.0 Å². The Morgan fingerprint density at radius 2 is 1.77 bits per heavy atom. The molecule has 0 radical (unpaired) electrons. The molecule has 9 heteroatoms. The van der Waals surface area contributed by atoms with Gasteiger partial charge in [-0.3, -0.25) is 4.79 Å². The fourth-order valence-corrected chi connectivity index (χ4v) is 5.81. The highest BCUT2D eigenvalue weighted by Crippen LogP contribution is 2.32. The summed E-state index contributed by atoms with van der Waals surface area (Å²) in [6.07, 6.45) is 5.34. The molecule has 2 aromatic carbocycles. The number of hydrogen-bond acceptors (Lipinski definition) is 7. The highest BCUT2D eigenvalue weighted by Gasteiger charge is 2.31. The van der Waals surface area contributed by atoms with Crippen molar-refractivity contribution in [3.63, 3.8) is 0 Å². The van der Waals surface area contributed by atoms with Crippen molar-refractivity contribution >= 4 is 23.1 Å². The summed E-state index contributed by atoms with van der Waals surface area (Å²) in [4.78, 5) is 30.6. The fraction of sp³-hybridized carbons (Fsp3) is 0.471. The number of methoxy groups -OCH3 is 1. The van der Waals surface area contributed by atoms with Gasteiger partial charge in [-0.15, -0.1) is 0 Å². The number of fused-ring (bicyclic) bond motifs is 2. The molecule has 2 aliphatic heterocycles. The van der Waals surface area contributed by atoms with Gasteiger partial charge in [0.1, 0.15) is 24.6 Å². The number of ether oxygens (including phenoxy) is 4. The van der Waals surface area contributed by atoms with Crippen LogP contribution in [0.25, 0.3) is 17.0 Å². The Balaban J connectivity index is 1.28. The molecule has 9 nitrogen and oxygen atoms in total. The molecule has 0 aliphatic carbocycles. The number of carbonyl (C=O) groups is 1. The Morgan fingerprint density at radius 3 is 2.47 bits per heavy atom. The third kappa shape index (κ3) is 7.33. The molecule has 0 bridgehead atoms. The number of amides is 1. The predicted octanol–water partition coefficient (Wildman–Crippen LogP) is 5.72. The minimum Gasteiger partial charge on any atom is -0.497 e. The van der Waals surface area contributed by atoms with Crippen LogP contribution in [0.5, 0.6) is 17.2 Å². The van der Waals surface area contributed by atoms with Crippen molar-refractivity contribution in [2.75, 3.05) is 40.0 Å². The van der Waals surface area contributed by atoms with E-state index in [1.807, 2.05) is 85.7 Å². The monoisotopic (exact) mass is 589 g/mol. The molecule has 1 aromatic heterocycles. The second-order valence-corrected chi connectivity index (χ2v) is 12.1. The second kappa shape index (κ2) is 13.1. The third-order valence-corrected chi connectivity index (χ3v) is 7.92. The standard InChI is InChI=1S/C34H43N3O6/c1-6-7-25-21-27(40-5)22-29-28(25)9-11-32(38)36(29)17-16-35-14-12-26(13-15-35)37(33(39)43-34(2,3)4)23-24-8-10-30-31(20-24)42-19-18-41-30/h6-11,20-22,26H,12-19,23H2,1-5H3/b7-6+. The van der Waals surface area contributed by atoms with Gasteiger partial charge in [-0.2, -0.15) is 0 Å². The zero-order valence-electron chi connectivity index (χ0n) is 25.9. The molecule has 0 saturated carbocycles. The first-order valence-corrected chi connectivity index (χ1v) is 15.1. The van der Waals surface area contributed by atoms with Crippen LogP contribution < -0.4 is 19.8 Å². The first-order chi connectivity index (χ1) is 20.6. The van der Waals surface area contributed by atoms with Crippen molar-refractivity contribution in [2.24, 2.45) is 0 Å². The number of allylic oxidation sites excluding steroid dienone is 1. The van der Waals surface area contributed by atoms with E-state index >= 15 is 0 Å². The van der Waals surface area contributed by atoms with E-state index in [1.165, 1.54) is 0 Å². The zero-order chi connectivity index (χ0) is 30.6. The van der Waals surface area contributed by atoms with Crippen molar-refractivity contribution < 1.29 is 23.7 Å². The SMILES string of the molecule is C/C=C/c1cc(OC)cc2c1ccc(=O)n2CCN1CCC(N(Cc2ccc3c(c2)OCCO3)C(=O)OC(C)(C)C)CC1. The topological polar surface area (TPSA) is 82.5 Å². The molecule has 1 fully saturated rings. The summed E-state index contributed by atoms with van der Waals surface area (Å²) in [5.74, 6) is 2.16. The first-order valence-electron chi connectivity index (χ1n) is 15.1. The molecular formula is C34H43N3O6. The molecule has 2 aliphatic rings. The summed E-state index contributed by atoms with van der Waals surface area (Å²) in [5.41, 5.74) is 2.24. The van der Waals surface area contributed by atoms with Crippen LogP contribution in [0, 0.1) is 0 Å². The van der Waals surface area contributed by atoms with E-state index in [4.69, 9.17) is 18.9 Å². The Labute approximate surface area is 253 Å². The van der Waals surface area contributed by atoms with Crippen LogP contribution in [0.2, 0.25) is 0 Å². The predicted molar refractivity (Wildman–Crippen MR) is 168 cm³/mol. The summed E-state index contributed by atoms with van der Waals surface area (Å²) in [5, 5.41) is 1.02. The quantitative estimate of drug-likeness (QED) is 0.333. The lowest BCUT2D eigenvalue weighted by Gasteiger charge is -2.39. The van der Waals surface area contributed by atoms with E-state index in [-0.39, 0.29) is 17.7 Å². The number of nitrogens with zero attached hydrogens (tertiary/aromatic N) is 3. The van der Waals surface area contributed by atoms with Gasteiger partial charge in [-0.25, -0.2) is 4.79 Å². The van der Waals surface area contributed by atoms with Crippen LogP contribution >= 0.6 is 0 Å². The molecule has 3 heterocycles. The smallest absolute Gasteiger partial charge is 0.410 e. The maximum absolute atomic E-state index is 13.4. The van der Waals surface area contributed by atoms with Gasteiger partial charge in [0.05, 0.1) is 12.6 Å². The van der Waals surface area contributed by atoms with Gasteiger partial charge < -0.3 is 33.3 Å². The van der Waals surface area contributed by atoms with E-state index in [2.05, 4.69) is 4.90 Å². The Hall–Kier alpha value is -3.98. The number of likely N-dealkylation sites (tertiary alicyclic amines) is 1. The average Bonchev–Trinajstić information content (AvgIpc) is 2.98. The summed E-state index contributed by atoms with van der Waals surface area (Å²) in [6, 6.07) is 13.3. The van der Waals surface area contributed by atoms with Crippen molar-refractivity contribution in [1.82, 2.24) is 14.4 Å². The molecule has 43 heavy (non-hydrogen) atoms. The molecule has 0 N–H and O–H groups in total. The molecular weight excluding hydrogens is 546 g/mol. The first kappa shape index (κ1) is 30.5. The second-order valence-electron chi connectivity index (χ2n) is 12.1. The van der Waals surface area contributed by atoms with Gasteiger partial charge >= 0.3 is 6.09 Å². The van der Waals surface area contributed by atoms with Crippen LogP contribution in [-0.2, 0) is 17.8 Å². The molecule has 1 amide bonds. The van der Waals surface area contributed by atoms with Crippen LogP contribution in [0.3, 0.4) is 0 Å². The molecule has 3 aromatic rings. The van der Waals surface area contributed by atoms with Crippen molar-refractivity contribution in [3.8, 4) is 17.2 Å². The number of rotatable bonds is 8. The van der Waals surface area contributed by atoms with E-state index in [0.717, 1.165) is 66.0 Å². The van der Waals surface area contributed by atoms with Crippen LogP contribution in [0.15, 0.2) is 53.3 Å². The fourth-order valence-electron chi connectivity index (χ4n) is 5.81. The highest BCUT2D eigenvalue weighted by atomic mass is 16.6. The number of carbonyl (C=O) groups excluding carboxylic acids is 1.